The maximum atomic E-state index is 12.6. The van der Waals surface area contributed by atoms with E-state index in [1.165, 1.54) is 430 Å². The van der Waals surface area contributed by atoms with Crippen LogP contribution in [0.25, 0.3) is 0 Å². The standard InChI is InChI=1S/C87H171NO5/c1-3-5-7-9-11-13-15-17-19-21-22-42-45-48-51-55-59-63-67-71-75-79-85(90)84(83-89)88-86(91)80-76-72-68-64-60-56-52-49-46-43-40-38-36-34-32-30-28-26-24-23-25-27-29-31-33-35-37-39-41-44-47-50-54-58-62-66-70-74-78-82-93-87(92)81-77-73-69-65-61-57-53-20-18-16-14-12-10-8-6-4-2/h20,53,84-85,89-90H,3-19,21-52,54-83H2,1-2H3,(H,88,91)/b53-20-. The van der Waals surface area contributed by atoms with Crippen LogP contribution in [0, 0.1) is 0 Å². The van der Waals surface area contributed by atoms with Crippen molar-refractivity contribution in [3.05, 3.63) is 12.2 Å². The van der Waals surface area contributed by atoms with Crippen LogP contribution in [0.2, 0.25) is 0 Å². The second-order valence-electron chi connectivity index (χ2n) is 30.2. The number of hydrogen-bond donors (Lipinski definition) is 3. The van der Waals surface area contributed by atoms with Gasteiger partial charge in [-0.3, -0.25) is 9.59 Å². The van der Waals surface area contributed by atoms with Gasteiger partial charge in [-0.25, -0.2) is 0 Å². The lowest BCUT2D eigenvalue weighted by Gasteiger charge is -2.22. The monoisotopic (exact) mass is 1310 g/mol. The zero-order chi connectivity index (χ0) is 67.0. The molecule has 0 saturated heterocycles. The maximum Gasteiger partial charge on any atom is 0.305 e. The second-order valence-corrected chi connectivity index (χ2v) is 30.2. The van der Waals surface area contributed by atoms with Gasteiger partial charge in [0.05, 0.1) is 25.4 Å². The normalized spacial score (nSPS) is 12.4. The summed E-state index contributed by atoms with van der Waals surface area (Å²) in [6.07, 6.45) is 106. The fourth-order valence-electron chi connectivity index (χ4n) is 14.2. The van der Waals surface area contributed by atoms with Gasteiger partial charge in [-0.2, -0.15) is 0 Å². The molecular formula is C87H171NO5. The molecule has 0 fully saturated rings. The molecule has 2 unspecified atom stereocenters. The largest absolute Gasteiger partial charge is 0.466 e. The lowest BCUT2D eigenvalue weighted by Crippen LogP contribution is -2.45. The third-order valence-electron chi connectivity index (χ3n) is 20.8. The van der Waals surface area contributed by atoms with Gasteiger partial charge in [0.1, 0.15) is 0 Å². The van der Waals surface area contributed by atoms with Crippen LogP contribution in [0.4, 0.5) is 0 Å². The van der Waals surface area contributed by atoms with Gasteiger partial charge in [0.25, 0.3) is 0 Å². The van der Waals surface area contributed by atoms with Gasteiger partial charge in [-0.1, -0.05) is 456 Å². The van der Waals surface area contributed by atoms with E-state index in [1.54, 1.807) is 0 Å². The molecule has 0 aromatic carbocycles. The van der Waals surface area contributed by atoms with E-state index in [-0.39, 0.29) is 18.5 Å². The molecule has 0 bridgehead atoms. The molecule has 0 aromatic heterocycles. The molecule has 1 amide bonds. The first-order valence-electron chi connectivity index (χ1n) is 43.4. The van der Waals surface area contributed by atoms with Crippen LogP contribution in [0.3, 0.4) is 0 Å². The summed E-state index contributed by atoms with van der Waals surface area (Å²) in [5.74, 6) is -0.00471. The van der Waals surface area contributed by atoms with E-state index >= 15 is 0 Å². The highest BCUT2D eigenvalue weighted by molar-refractivity contribution is 5.76. The number of unbranched alkanes of at least 4 members (excludes halogenated alkanes) is 70. The molecule has 93 heavy (non-hydrogen) atoms. The Labute approximate surface area is 584 Å². The van der Waals surface area contributed by atoms with E-state index < -0.39 is 12.1 Å². The topological polar surface area (TPSA) is 95.9 Å². The number of esters is 1. The third kappa shape index (κ3) is 79.5. The minimum absolute atomic E-state index is 0.0180. The van der Waals surface area contributed by atoms with Crippen LogP contribution in [0.1, 0.15) is 508 Å². The SMILES string of the molecule is CCCCCCCCC/C=C\CCCCCCCC(=O)OCCCCCCCCCCCCCCCCCCCCCCCCCCCCCCCCCCCCCCCCCC(=O)NC(CO)C(O)CCCCCCCCCCCCCCCCCCCCCCC. The Morgan fingerprint density at radius 1 is 0.290 bits per heavy atom. The second kappa shape index (κ2) is 83.0. The number of allylic oxidation sites excluding steroid dienone is 2. The summed E-state index contributed by atoms with van der Waals surface area (Å²) in [6.45, 7) is 5.01. The van der Waals surface area contributed by atoms with Gasteiger partial charge in [0.15, 0.2) is 0 Å². The van der Waals surface area contributed by atoms with Gasteiger partial charge in [-0.15, -0.1) is 0 Å². The first-order chi connectivity index (χ1) is 46.0. The van der Waals surface area contributed by atoms with Crippen molar-refractivity contribution >= 4 is 11.9 Å². The van der Waals surface area contributed by atoms with Crippen molar-refractivity contribution in [2.45, 2.75) is 520 Å². The maximum absolute atomic E-state index is 12.6. The van der Waals surface area contributed by atoms with Crippen molar-refractivity contribution < 1.29 is 24.5 Å². The first kappa shape index (κ1) is 91.6. The molecule has 0 aliphatic heterocycles. The molecule has 0 saturated carbocycles. The number of carbonyl (C=O) groups excluding carboxylic acids is 2. The number of nitrogens with one attached hydrogen (secondary N) is 1. The number of rotatable bonds is 83. The van der Waals surface area contributed by atoms with Gasteiger partial charge in [0.2, 0.25) is 5.91 Å². The lowest BCUT2D eigenvalue weighted by molar-refractivity contribution is -0.143. The summed E-state index contributed by atoms with van der Waals surface area (Å²) in [4.78, 5) is 24.7. The number of aliphatic hydroxyl groups excluding tert-OH is 2. The number of amides is 1. The zero-order valence-corrected chi connectivity index (χ0v) is 63.8. The molecule has 0 aliphatic rings. The minimum atomic E-state index is -0.660. The quantitative estimate of drug-likeness (QED) is 0.0320. The van der Waals surface area contributed by atoms with Crippen molar-refractivity contribution in [3.8, 4) is 0 Å². The van der Waals surface area contributed by atoms with Crippen molar-refractivity contribution in [1.29, 1.82) is 0 Å². The van der Waals surface area contributed by atoms with Crippen LogP contribution in [-0.4, -0.2) is 47.4 Å². The Kier molecular flexibility index (Phi) is 81.8. The highest BCUT2D eigenvalue weighted by Gasteiger charge is 2.20. The fourth-order valence-corrected chi connectivity index (χ4v) is 14.2. The Balaban J connectivity index is 3.29. The molecule has 3 N–H and O–H groups in total. The summed E-state index contributed by atoms with van der Waals surface area (Å²) in [6, 6.07) is -0.537. The van der Waals surface area contributed by atoms with E-state index in [0.717, 1.165) is 44.9 Å². The van der Waals surface area contributed by atoms with Gasteiger partial charge >= 0.3 is 5.97 Å². The van der Waals surface area contributed by atoms with Crippen LogP contribution >= 0.6 is 0 Å². The average Bonchev–Trinajstić information content (AvgIpc) is 3.78. The smallest absolute Gasteiger partial charge is 0.305 e. The van der Waals surface area contributed by atoms with Crippen LogP contribution in [0.5, 0.6) is 0 Å². The molecule has 554 valence electrons. The van der Waals surface area contributed by atoms with Crippen molar-refractivity contribution in [1.82, 2.24) is 5.32 Å². The van der Waals surface area contributed by atoms with Crippen molar-refractivity contribution in [2.24, 2.45) is 0 Å². The number of aliphatic hydroxyl groups is 2. The molecule has 0 rings (SSSR count). The van der Waals surface area contributed by atoms with E-state index in [9.17, 15) is 19.8 Å². The number of ether oxygens (including phenoxy) is 1. The Bertz CT molecular complexity index is 1420. The Hall–Kier alpha value is -1.40. The van der Waals surface area contributed by atoms with E-state index in [4.69, 9.17) is 4.74 Å². The Morgan fingerprint density at radius 2 is 0.505 bits per heavy atom. The van der Waals surface area contributed by atoms with Crippen molar-refractivity contribution in [2.75, 3.05) is 13.2 Å². The lowest BCUT2D eigenvalue weighted by atomic mass is 10.0. The van der Waals surface area contributed by atoms with Crippen molar-refractivity contribution in [3.63, 3.8) is 0 Å². The summed E-state index contributed by atoms with van der Waals surface area (Å²) in [5.41, 5.74) is 0. The zero-order valence-electron chi connectivity index (χ0n) is 63.8. The molecule has 2 atom stereocenters. The van der Waals surface area contributed by atoms with Crippen LogP contribution in [0.15, 0.2) is 12.2 Å². The van der Waals surface area contributed by atoms with Gasteiger partial charge in [-0.05, 0) is 51.4 Å². The van der Waals surface area contributed by atoms with Crippen LogP contribution in [-0.2, 0) is 14.3 Å². The molecule has 0 radical (unpaired) electrons. The summed E-state index contributed by atoms with van der Waals surface area (Å²) in [5, 5.41) is 23.5. The molecule has 0 spiro atoms. The number of hydrogen-bond acceptors (Lipinski definition) is 5. The third-order valence-corrected chi connectivity index (χ3v) is 20.8. The Morgan fingerprint density at radius 3 is 0.763 bits per heavy atom. The van der Waals surface area contributed by atoms with E-state index in [0.29, 0.717) is 25.9 Å². The van der Waals surface area contributed by atoms with E-state index in [1.807, 2.05) is 0 Å². The van der Waals surface area contributed by atoms with Gasteiger partial charge in [0, 0.05) is 12.8 Å². The molecule has 6 nitrogen and oxygen atoms in total. The van der Waals surface area contributed by atoms with Crippen LogP contribution < -0.4 is 5.32 Å². The summed E-state index contributed by atoms with van der Waals surface area (Å²) in [7, 11) is 0. The average molecular weight is 1310 g/mol. The highest BCUT2D eigenvalue weighted by atomic mass is 16.5. The molecule has 0 aliphatic carbocycles. The van der Waals surface area contributed by atoms with Gasteiger partial charge < -0.3 is 20.3 Å². The minimum Gasteiger partial charge on any atom is -0.466 e. The molecule has 0 heterocycles. The summed E-state index contributed by atoms with van der Waals surface area (Å²) >= 11 is 0. The predicted molar refractivity (Wildman–Crippen MR) is 412 cm³/mol. The molecule has 6 heteroatoms. The van der Waals surface area contributed by atoms with E-state index in [2.05, 4.69) is 31.3 Å². The fraction of sp³-hybridized carbons (Fsp3) is 0.954. The molecule has 0 aromatic rings. The first-order valence-corrected chi connectivity index (χ1v) is 43.4. The number of carbonyl (C=O) groups is 2. The predicted octanol–water partition coefficient (Wildman–Crippen LogP) is 29.0. The summed E-state index contributed by atoms with van der Waals surface area (Å²) < 4.78 is 5.51. The molecular weight excluding hydrogens is 1140 g/mol. The highest BCUT2D eigenvalue weighted by Crippen LogP contribution is 2.21.